The molecule has 0 aliphatic rings. The second-order valence-corrected chi connectivity index (χ2v) is 31.9. The molecule has 9 nitrogen and oxygen atoms in total. The summed E-state index contributed by atoms with van der Waals surface area (Å²) in [5.41, 5.74) is 32.7. The van der Waals surface area contributed by atoms with E-state index in [1.54, 1.807) is 12.1 Å². The number of hydrogen-bond donors (Lipinski definition) is 2. The van der Waals surface area contributed by atoms with Gasteiger partial charge in [-0.2, -0.15) is 0 Å². The van der Waals surface area contributed by atoms with Gasteiger partial charge in [0.05, 0.1) is 60.6 Å². The van der Waals surface area contributed by atoms with Crippen molar-refractivity contribution >= 4 is 121 Å². The van der Waals surface area contributed by atoms with E-state index in [0.717, 1.165) is 60.7 Å². The molecule has 0 atom stereocenters. The molecule has 0 saturated carbocycles. The van der Waals surface area contributed by atoms with Gasteiger partial charge in [0.15, 0.2) is 0 Å². The maximum Gasteiger partial charge on any atom is 0.488 e. The van der Waals surface area contributed by atoms with Crippen molar-refractivity contribution in [3.63, 3.8) is 0 Å². The van der Waals surface area contributed by atoms with Crippen LogP contribution in [0.3, 0.4) is 0 Å². The van der Waals surface area contributed by atoms with Crippen LogP contribution in [-0.2, 0) is 0 Å². The van der Waals surface area contributed by atoms with E-state index in [-0.39, 0.29) is 7.43 Å². The minimum absolute atomic E-state index is 0. The smallest absolute Gasteiger partial charge is 0.423 e. The normalized spacial score (nSPS) is 11.2. The molecule has 0 radical (unpaired) electrons. The van der Waals surface area contributed by atoms with E-state index in [2.05, 4.69) is 400 Å². The molecule has 0 aliphatic carbocycles. The average molecular weight is 1710 g/mol. The monoisotopic (exact) mass is 1710 g/mol. The number of benzene rings is 16. The van der Waals surface area contributed by atoms with Crippen LogP contribution in [0.4, 0.5) is 0 Å². The van der Waals surface area contributed by atoms with Gasteiger partial charge in [0.25, 0.3) is 0 Å². The predicted molar refractivity (Wildman–Crippen MR) is 522 cm³/mol. The van der Waals surface area contributed by atoms with Crippen molar-refractivity contribution in [1.82, 2.24) is 31.5 Å². The van der Waals surface area contributed by atoms with Crippen LogP contribution in [0.2, 0.25) is 0 Å². The molecule has 23 rings (SSSR count). The van der Waals surface area contributed by atoms with Gasteiger partial charge in [-0.1, -0.05) is 315 Å². The SMILES string of the molecule is Brc1ccc(-c2cn3ccccc3n2)cc1.Brn1c2ccc(-c3ccccc3)cc2c2cc(-c3ccccc3)ccc21.C.OB(O)c1ccc(-n2c3ccc(-c4ccccc4)cc3c3cc(-c4ccccc4)ccc32)cc1.c1ccc(-c2ccc3c(c2)c2cc(-c4ccccc4)ccc2n3-c2ccc(-c3ccc(-c4cn5ccccc5n4)cc3)cc2)cc1. The molecule has 0 bridgehead atoms. The van der Waals surface area contributed by atoms with Gasteiger partial charge in [0, 0.05) is 84.1 Å². The Morgan fingerprint density at radius 1 is 0.236 bits per heavy atom. The van der Waals surface area contributed by atoms with Gasteiger partial charge in [-0.15, -0.1) is 0 Å². The molecule has 2 N–H and O–H groups in total. The molecule has 0 unspecified atom stereocenters. The molecule has 0 amide bonds. The van der Waals surface area contributed by atoms with E-state index in [1.807, 2.05) is 95.8 Å². The van der Waals surface area contributed by atoms with Crippen molar-refractivity contribution < 1.29 is 10.0 Å². The molecule has 7 heterocycles. The lowest BCUT2D eigenvalue weighted by Crippen LogP contribution is -2.29. The molecule has 16 aromatic carbocycles. The molecule has 0 aliphatic heterocycles. The second kappa shape index (κ2) is 34.5. The van der Waals surface area contributed by atoms with Crippen LogP contribution >= 0.6 is 32.1 Å². The minimum Gasteiger partial charge on any atom is -0.423 e. The van der Waals surface area contributed by atoms with Crippen molar-refractivity contribution in [3.8, 4) is 112 Å². The molecule has 12 heteroatoms. The van der Waals surface area contributed by atoms with E-state index in [9.17, 15) is 10.0 Å². The van der Waals surface area contributed by atoms with Crippen LogP contribution in [0.5, 0.6) is 0 Å². The lowest BCUT2D eigenvalue weighted by atomic mass is 9.80. The zero-order valence-corrected chi connectivity index (χ0v) is 69.3. The summed E-state index contributed by atoms with van der Waals surface area (Å²) in [6.07, 6.45) is 8.16. The van der Waals surface area contributed by atoms with Crippen molar-refractivity contribution in [3.05, 3.63) is 454 Å². The van der Waals surface area contributed by atoms with Gasteiger partial charge >= 0.3 is 7.12 Å². The summed E-state index contributed by atoms with van der Waals surface area (Å²) in [5, 5.41) is 26.4. The Morgan fingerprint density at radius 2 is 0.472 bits per heavy atom. The highest BCUT2D eigenvalue weighted by Gasteiger charge is 2.20. The minimum atomic E-state index is -1.48. The van der Waals surface area contributed by atoms with Gasteiger partial charge in [-0.3, -0.25) is 3.59 Å². The lowest BCUT2D eigenvalue weighted by Gasteiger charge is -2.10. The molecule has 588 valence electrons. The fraction of sp³-hybridized carbons (Fsp3) is 0.00901. The van der Waals surface area contributed by atoms with Crippen LogP contribution < -0.4 is 5.46 Å². The highest BCUT2D eigenvalue weighted by molar-refractivity contribution is 9.10. The molecular formula is C111H80BBr2N7O2. The van der Waals surface area contributed by atoms with E-state index in [1.165, 1.54) is 132 Å². The fourth-order valence-corrected chi connectivity index (χ4v) is 17.5. The van der Waals surface area contributed by atoms with Crippen LogP contribution in [0.1, 0.15) is 7.43 Å². The first-order valence-electron chi connectivity index (χ1n) is 40.7. The first-order chi connectivity index (χ1) is 60.1. The number of hydrogen-bond acceptors (Lipinski definition) is 4. The zero-order valence-electron chi connectivity index (χ0n) is 66.1. The molecule has 0 spiro atoms. The van der Waals surface area contributed by atoms with E-state index in [4.69, 9.17) is 4.98 Å². The number of pyridine rings is 2. The maximum absolute atomic E-state index is 9.52. The second-order valence-electron chi connectivity index (χ2n) is 30.3. The highest BCUT2D eigenvalue weighted by Crippen LogP contribution is 2.42. The summed E-state index contributed by atoms with van der Waals surface area (Å²) in [4.78, 5) is 9.34. The van der Waals surface area contributed by atoms with Gasteiger partial charge in [-0.05, 0) is 217 Å². The number of aromatic nitrogens is 7. The Kier molecular flexibility index (Phi) is 21.9. The maximum atomic E-state index is 9.52. The number of imidazole rings is 2. The Labute approximate surface area is 730 Å². The third-order valence-electron chi connectivity index (χ3n) is 22.8. The molecule has 23 aromatic rings. The topological polar surface area (TPSA) is 89.9 Å². The quantitative estimate of drug-likeness (QED) is 0.119. The molecule has 123 heavy (non-hydrogen) atoms. The third kappa shape index (κ3) is 15.9. The van der Waals surface area contributed by atoms with Crippen LogP contribution in [0.25, 0.3) is 188 Å². The molecular weight excluding hydrogens is 1630 g/mol. The van der Waals surface area contributed by atoms with Crippen molar-refractivity contribution in [2.75, 3.05) is 0 Å². The summed E-state index contributed by atoms with van der Waals surface area (Å²) in [5.74, 6) is 0. The van der Waals surface area contributed by atoms with E-state index in [0.29, 0.717) is 5.46 Å². The summed E-state index contributed by atoms with van der Waals surface area (Å²) in [7, 11) is -1.48. The Bertz CT molecular complexity index is 7330. The Balaban J connectivity index is 0.000000114. The number of nitrogens with zero attached hydrogens (tertiary/aromatic N) is 7. The Hall–Kier alpha value is -14.8. The highest BCUT2D eigenvalue weighted by atomic mass is 79.9. The van der Waals surface area contributed by atoms with Crippen LogP contribution in [0.15, 0.2) is 454 Å². The molecule has 7 aromatic heterocycles. The van der Waals surface area contributed by atoms with Crippen molar-refractivity contribution in [2.24, 2.45) is 0 Å². The average Bonchev–Trinajstić information content (AvgIpc) is 1.59. The van der Waals surface area contributed by atoms with Crippen molar-refractivity contribution in [1.29, 1.82) is 0 Å². The van der Waals surface area contributed by atoms with Gasteiger partial charge < -0.3 is 28.0 Å². The summed E-state index contributed by atoms with van der Waals surface area (Å²) in [6.45, 7) is 0. The van der Waals surface area contributed by atoms with Gasteiger partial charge in [0.1, 0.15) is 11.3 Å². The lowest BCUT2D eigenvalue weighted by molar-refractivity contribution is 0.426. The van der Waals surface area contributed by atoms with Gasteiger partial charge in [-0.25, -0.2) is 9.97 Å². The largest absolute Gasteiger partial charge is 0.488 e. The van der Waals surface area contributed by atoms with E-state index >= 15 is 0 Å². The first-order valence-corrected chi connectivity index (χ1v) is 42.2. The Morgan fingerprint density at radius 3 is 0.764 bits per heavy atom. The van der Waals surface area contributed by atoms with Gasteiger partial charge in [0.2, 0.25) is 0 Å². The zero-order chi connectivity index (χ0) is 82.0. The summed E-state index contributed by atoms with van der Waals surface area (Å²) >= 11 is 7.16. The summed E-state index contributed by atoms with van der Waals surface area (Å²) < 4.78 is 11.9. The van der Waals surface area contributed by atoms with Crippen molar-refractivity contribution in [2.45, 2.75) is 7.43 Å². The molecule has 0 saturated heterocycles. The predicted octanol–water partition coefficient (Wildman–Crippen LogP) is 28.6. The first kappa shape index (κ1) is 78.1. The molecule has 0 fully saturated rings. The van der Waals surface area contributed by atoms with Crippen LogP contribution in [-0.4, -0.2) is 48.7 Å². The third-order valence-corrected chi connectivity index (χ3v) is 24.1. The summed E-state index contributed by atoms with van der Waals surface area (Å²) in [6, 6.07) is 149. The number of fused-ring (bicyclic) bond motifs is 11. The van der Waals surface area contributed by atoms with E-state index < -0.39 is 7.12 Å². The fourth-order valence-electron chi connectivity index (χ4n) is 16.6. The van der Waals surface area contributed by atoms with Crippen LogP contribution in [0, 0.1) is 0 Å². The standard InChI is InChI=1S/C43H29N3.C30H22BNO2.C24H16BrN.C13H9BrN2.CH4/c1-3-9-30(10-4-1)35-20-24-41-38(27-35)39-28-36(31-11-5-2-6-12-31)21-25-42(39)46(41)37-22-18-33(19-23-37)32-14-16-34(17-15-32)40-29-45-26-8-7-13-43(45)44-40;33-31(34)25-13-15-26(16-14-25)32-29-17-11-23(21-7-3-1-4-8-21)19-27(29)28-20-24(12-18-30(28)32)22-9-5-2-6-10-22;25-26-23-13-11-19(17-7-3-1-4-8-17)15-21(23)22-16-20(12-14-24(22)26)18-9-5-2-6-10-18;14-11-6-4-10(5-7-11)12-9-16-8-2-1-3-13(16)15-12;/h1-29H;1-20,33-34H;1-16H;1-9H;1H4. The number of halogens is 2. The number of rotatable bonds is 12.